The van der Waals surface area contributed by atoms with Crippen LogP contribution in [0.25, 0.3) is 0 Å². The van der Waals surface area contributed by atoms with E-state index in [0.29, 0.717) is 24.6 Å². The molecule has 1 aliphatic carbocycles. The topological polar surface area (TPSA) is 77.0 Å². The fraction of sp³-hybridized carbons (Fsp3) is 0.950. The van der Waals surface area contributed by atoms with E-state index < -0.39 is 9.84 Å². The van der Waals surface area contributed by atoms with Gasteiger partial charge >= 0.3 is 0 Å². The van der Waals surface area contributed by atoms with Gasteiger partial charge in [-0.25, -0.2) is 8.42 Å². The van der Waals surface area contributed by atoms with Crippen LogP contribution in [0.15, 0.2) is 4.99 Å². The Hall–Kier alpha value is -0.860. The molecule has 0 spiro atoms. The van der Waals surface area contributed by atoms with E-state index in [1.165, 1.54) is 64.5 Å². The highest BCUT2D eigenvalue weighted by molar-refractivity contribution is 7.91. The average Bonchev–Trinajstić information content (AvgIpc) is 2.73. The van der Waals surface area contributed by atoms with Crippen LogP contribution in [-0.2, 0) is 9.84 Å². The minimum absolute atomic E-state index is 0.289. The molecule has 8 heteroatoms. The van der Waals surface area contributed by atoms with Crippen LogP contribution >= 0.6 is 0 Å². The van der Waals surface area contributed by atoms with Crippen LogP contribution in [0.5, 0.6) is 0 Å². The van der Waals surface area contributed by atoms with Crippen LogP contribution in [0, 0.1) is 0 Å². The molecule has 0 atom stereocenters. The summed E-state index contributed by atoms with van der Waals surface area (Å²) in [6.07, 6.45) is 10.7. The first-order valence-electron chi connectivity index (χ1n) is 11.2. The van der Waals surface area contributed by atoms with E-state index in [1.807, 2.05) is 7.05 Å². The zero-order valence-electron chi connectivity index (χ0n) is 17.6. The summed E-state index contributed by atoms with van der Waals surface area (Å²) in [4.78, 5) is 9.39. The lowest BCUT2D eigenvalue weighted by Crippen LogP contribution is -2.59. The minimum Gasteiger partial charge on any atom is -0.355 e. The predicted octanol–water partition coefficient (Wildman–Crippen LogP) is 1.07. The van der Waals surface area contributed by atoms with E-state index in [0.717, 1.165) is 25.6 Å². The van der Waals surface area contributed by atoms with Gasteiger partial charge in [0.05, 0.1) is 11.5 Å². The molecule has 2 N–H and O–H groups in total. The normalized spacial score (nSPS) is 26.7. The first kappa shape index (κ1) is 21.8. The molecule has 0 amide bonds. The maximum absolute atomic E-state index is 11.5. The molecule has 3 rings (SSSR count). The van der Waals surface area contributed by atoms with Crippen LogP contribution in [0.1, 0.15) is 51.4 Å². The second kappa shape index (κ2) is 10.3. The number of nitrogens with zero attached hydrogens (tertiary/aromatic N) is 3. The molecule has 2 aliphatic heterocycles. The van der Waals surface area contributed by atoms with Crippen molar-refractivity contribution in [2.45, 2.75) is 56.9 Å². The molecule has 162 valence electrons. The minimum atomic E-state index is -2.80. The van der Waals surface area contributed by atoms with Crippen molar-refractivity contribution in [1.82, 2.24) is 20.4 Å². The van der Waals surface area contributed by atoms with Gasteiger partial charge in [-0.05, 0) is 38.8 Å². The van der Waals surface area contributed by atoms with Gasteiger partial charge in [-0.3, -0.25) is 14.8 Å². The Morgan fingerprint density at radius 2 is 1.57 bits per heavy atom. The van der Waals surface area contributed by atoms with Gasteiger partial charge in [0.25, 0.3) is 0 Å². The lowest BCUT2D eigenvalue weighted by molar-refractivity contribution is 0.0368. The Balaban J connectivity index is 1.45. The van der Waals surface area contributed by atoms with Gasteiger partial charge in [0.1, 0.15) is 0 Å². The van der Waals surface area contributed by atoms with Gasteiger partial charge in [0, 0.05) is 45.3 Å². The Bertz CT molecular complexity index is 596. The third kappa shape index (κ3) is 6.07. The number of hydrogen-bond donors (Lipinski definition) is 2. The molecule has 3 aliphatic rings. The smallest absolute Gasteiger partial charge is 0.191 e. The lowest BCUT2D eigenvalue weighted by atomic mass is 9.79. The third-order valence-electron chi connectivity index (χ3n) is 6.78. The fourth-order valence-electron chi connectivity index (χ4n) is 4.96. The molecule has 2 heterocycles. The van der Waals surface area contributed by atoms with Gasteiger partial charge in [-0.15, -0.1) is 0 Å². The first-order chi connectivity index (χ1) is 13.5. The maximum atomic E-state index is 11.5. The highest BCUT2D eigenvalue weighted by Gasteiger charge is 2.38. The number of guanidine groups is 1. The molecule has 1 saturated carbocycles. The van der Waals surface area contributed by atoms with Crippen molar-refractivity contribution in [2.24, 2.45) is 4.99 Å². The van der Waals surface area contributed by atoms with Crippen molar-refractivity contribution >= 4 is 15.8 Å². The van der Waals surface area contributed by atoms with E-state index in [9.17, 15) is 8.42 Å². The van der Waals surface area contributed by atoms with Gasteiger partial charge in [0.2, 0.25) is 0 Å². The van der Waals surface area contributed by atoms with E-state index in [4.69, 9.17) is 0 Å². The SMILES string of the molecule is CN=C(NCCN1CCS(=O)(=O)CC1)NCC1(N2CCCCC2)CCCCC1. The van der Waals surface area contributed by atoms with Crippen LogP contribution in [0.4, 0.5) is 0 Å². The number of aliphatic imine (C=N–C) groups is 1. The molecule has 0 aromatic rings. The summed E-state index contributed by atoms with van der Waals surface area (Å²) in [5.74, 6) is 1.45. The number of sulfone groups is 1. The summed E-state index contributed by atoms with van der Waals surface area (Å²) >= 11 is 0. The van der Waals surface area contributed by atoms with E-state index in [1.54, 1.807) is 0 Å². The van der Waals surface area contributed by atoms with E-state index in [2.05, 4.69) is 25.4 Å². The highest BCUT2D eigenvalue weighted by Crippen LogP contribution is 2.35. The van der Waals surface area contributed by atoms with Crippen LogP contribution < -0.4 is 10.6 Å². The van der Waals surface area contributed by atoms with Gasteiger partial charge in [-0.1, -0.05) is 25.7 Å². The molecule has 3 fully saturated rings. The summed E-state index contributed by atoms with van der Waals surface area (Å²) in [5.41, 5.74) is 0.289. The summed E-state index contributed by atoms with van der Waals surface area (Å²) in [6.45, 7) is 6.39. The molecule has 0 radical (unpaired) electrons. The molecule has 0 aromatic heterocycles. The number of hydrogen-bond acceptors (Lipinski definition) is 5. The van der Waals surface area contributed by atoms with Crippen molar-refractivity contribution in [3.8, 4) is 0 Å². The third-order valence-corrected chi connectivity index (χ3v) is 8.39. The molecular weight excluding hydrogens is 374 g/mol. The monoisotopic (exact) mass is 413 g/mol. The molecule has 28 heavy (non-hydrogen) atoms. The largest absolute Gasteiger partial charge is 0.355 e. The molecule has 2 saturated heterocycles. The standard InChI is InChI=1S/C20H39N5O2S/c1-21-19(22-10-13-24-14-16-28(26,27)17-15-24)23-18-20(8-4-2-5-9-20)25-11-6-3-7-12-25/h2-18H2,1H3,(H2,21,22,23). The van der Waals surface area contributed by atoms with E-state index >= 15 is 0 Å². The Labute approximate surface area is 171 Å². The van der Waals surface area contributed by atoms with E-state index in [-0.39, 0.29) is 5.54 Å². The quantitative estimate of drug-likeness (QED) is 0.501. The van der Waals surface area contributed by atoms with Crippen molar-refractivity contribution < 1.29 is 8.42 Å². The zero-order valence-corrected chi connectivity index (χ0v) is 18.4. The molecule has 0 aromatic carbocycles. The van der Waals surface area contributed by atoms with Gasteiger partial charge < -0.3 is 10.6 Å². The maximum Gasteiger partial charge on any atom is 0.191 e. The fourth-order valence-corrected chi connectivity index (χ4v) is 6.23. The van der Waals surface area contributed by atoms with Crippen molar-refractivity contribution in [2.75, 3.05) is 64.4 Å². The van der Waals surface area contributed by atoms with Crippen molar-refractivity contribution in [3.63, 3.8) is 0 Å². The zero-order chi connectivity index (χ0) is 19.9. The summed E-state index contributed by atoms with van der Waals surface area (Å²) in [5, 5.41) is 7.04. The lowest BCUT2D eigenvalue weighted by Gasteiger charge is -2.48. The van der Waals surface area contributed by atoms with Gasteiger partial charge in [-0.2, -0.15) is 0 Å². The predicted molar refractivity (Wildman–Crippen MR) is 116 cm³/mol. The van der Waals surface area contributed by atoms with Crippen molar-refractivity contribution in [3.05, 3.63) is 0 Å². The number of likely N-dealkylation sites (tertiary alicyclic amines) is 1. The van der Waals surface area contributed by atoms with Crippen molar-refractivity contribution in [1.29, 1.82) is 0 Å². The highest BCUT2D eigenvalue weighted by atomic mass is 32.2. The Kier molecular flexibility index (Phi) is 8.00. The number of nitrogens with one attached hydrogen (secondary N) is 2. The number of piperidine rings is 1. The van der Waals surface area contributed by atoms with Crippen LogP contribution in [-0.4, -0.2) is 94.1 Å². The summed E-state index contributed by atoms with van der Waals surface area (Å²) in [6, 6.07) is 0. The molecule has 7 nitrogen and oxygen atoms in total. The summed E-state index contributed by atoms with van der Waals surface area (Å²) < 4.78 is 23.1. The van der Waals surface area contributed by atoms with Gasteiger partial charge in [0.15, 0.2) is 15.8 Å². The Morgan fingerprint density at radius 1 is 0.929 bits per heavy atom. The second-order valence-electron chi connectivity index (χ2n) is 8.68. The summed E-state index contributed by atoms with van der Waals surface area (Å²) in [7, 11) is -0.973. The second-order valence-corrected chi connectivity index (χ2v) is 11.0. The Morgan fingerprint density at radius 3 is 2.21 bits per heavy atom. The first-order valence-corrected chi connectivity index (χ1v) is 13.0. The molecule has 0 unspecified atom stereocenters. The average molecular weight is 414 g/mol. The van der Waals surface area contributed by atoms with Crippen LogP contribution in [0.2, 0.25) is 0 Å². The molecular formula is C20H39N5O2S. The number of rotatable bonds is 6. The van der Waals surface area contributed by atoms with Crippen LogP contribution in [0.3, 0.4) is 0 Å². The molecule has 0 bridgehead atoms.